The van der Waals surface area contributed by atoms with Gasteiger partial charge in [-0.25, -0.2) is 4.98 Å². The number of aromatic nitrogens is 2. The highest BCUT2D eigenvalue weighted by molar-refractivity contribution is 5.56. The van der Waals surface area contributed by atoms with Gasteiger partial charge in [0.2, 0.25) is 5.95 Å². The van der Waals surface area contributed by atoms with Gasteiger partial charge in [0.25, 0.3) is 0 Å². The molecule has 0 unspecified atom stereocenters. The van der Waals surface area contributed by atoms with Gasteiger partial charge in [0.15, 0.2) is 5.82 Å². The van der Waals surface area contributed by atoms with Crippen molar-refractivity contribution in [1.82, 2.24) is 9.97 Å². The standard InChI is InChI=1S/C26H39FN2O/c1-3-5-7-9-11-13-15-23-21-28-26(29-25(23)27)22-16-18-24(19-17-22)30-20-14-12-10-8-6-4-2/h16-19,21H,3-15,20H2,1-2H3. The predicted molar refractivity (Wildman–Crippen MR) is 123 cm³/mol. The van der Waals surface area contributed by atoms with Crippen LogP contribution in [-0.4, -0.2) is 16.6 Å². The zero-order chi connectivity index (χ0) is 21.4. The zero-order valence-corrected chi connectivity index (χ0v) is 19.0. The fourth-order valence-electron chi connectivity index (χ4n) is 3.56. The maximum atomic E-state index is 14.4. The molecule has 0 fully saturated rings. The van der Waals surface area contributed by atoms with Gasteiger partial charge in [-0.1, -0.05) is 78.1 Å². The summed E-state index contributed by atoms with van der Waals surface area (Å²) in [6, 6.07) is 7.63. The Morgan fingerprint density at radius 3 is 2.00 bits per heavy atom. The number of rotatable bonds is 16. The molecule has 0 aliphatic carbocycles. The second kappa shape index (κ2) is 14.9. The molecule has 0 aliphatic heterocycles. The Kier molecular flexibility index (Phi) is 12.1. The Bertz CT molecular complexity index is 703. The maximum Gasteiger partial charge on any atom is 0.219 e. The highest BCUT2D eigenvalue weighted by Crippen LogP contribution is 2.21. The lowest BCUT2D eigenvalue weighted by Gasteiger charge is -2.08. The number of nitrogens with zero attached hydrogens (tertiary/aromatic N) is 2. The minimum atomic E-state index is -0.392. The zero-order valence-electron chi connectivity index (χ0n) is 19.0. The number of benzene rings is 1. The fraction of sp³-hybridized carbons (Fsp3) is 0.615. The number of halogens is 1. The van der Waals surface area contributed by atoms with E-state index in [0.717, 1.165) is 37.2 Å². The lowest BCUT2D eigenvalue weighted by Crippen LogP contribution is -2.00. The summed E-state index contributed by atoms with van der Waals surface area (Å²) in [7, 11) is 0. The summed E-state index contributed by atoms with van der Waals surface area (Å²) in [5.41, 5.74) is 1.43. The van der Waals surface area contributed by atoms with Crippen LogP contribution in [0.1, 0.15) is 96.5 Å². The molecule has 1 heterocycles. The number of hydrogen-bond acceptors (Lipinski definition) is 3. The third kappa shape index (κ3) is 9.23. The van der Waals surface area contributed by atoms with Gasteiger partial charge in [0.05, 0.1) is 6.61 Å². The van der Waals surface area contributed by atoms with Crippen molar-refractivity contribution in [3.63, 3.8) is 0 Å². The normalized spacial score (nSPS) is 11.0. The van der Waals surface area contributed by atoms with E-state index in [1.807, 2.05) is 24.3 Å². The molecule has 0 aliphatic rings. The summed E-state index contributed by atoms with van der Waals surface area (Å²) in [6.45, 7) is 5.19. The van der Waals surface area contributed by atoms with Gasteiger partial charge in [-0.2, -0.15) is 9.37 Å². The fourth-order valence-corrected chi connectivity index (χ4v) is 3.56. The molecule has 2 rings (SSSR count). The van der Waals surface area contributed by atoms with Gasteiger partial charge in [-0.05, 0) is 43.5 Å². The molecule has 166 valence electrons. The topological polar surface area (TPSA) is 35.0 Å². The van der Waals surface area contributed by atoms with Gasteiger partial charge in [-0.3, -0.25) is 0 Å². The molecule has 30 heavy (non-hydrogen) atoms. The molecule has 1 aromatic heterocycles. The number of aryl methyl sites for hydroxylation is 1. The molecular weight excluding hydrogens is 375 g/mol. The molecule has 1 aromatic carbocycles. The van der Waals surface area contributed by atoms with Crippen molar-refractivity contribution in [2.45, 2.75) is 97.3 Å². The van der Waals surface area contributed by atoms with Crippen molar-refractivity contribution in [3.05, 3.63) is 42.0 Å². The van der Waals surface area contributed by atoms with E-state index in [2.05, 4.69) is 23.8 Å². The van der Waals surface area contributed by atoms with Crippen molar-refractivity contribution in [2.75, 3.05) is 6.61 Å². The van der Waals surface area contributed by atoms with Crippen LogP contribution in [0.5, 0.6) is 5.75 Å². The Labute approximate surface area is 182 Å². The quantitative estimate of drug-likeness (QED) is 0.207. The maximum absolute atomic E-state index is 14.4. The molecular formula is C26H39FN2O. The van der Waals surface area contributed by atoms with Crippen molar-refractivity contribution < 1.29 is 9.13 Å². The Morgan fingerprint density at radius 1 is 0.767 bits per heavy atom. The monoisotopic (exact) mass is 414 g/mol. The molecule has 0 radical (unpaired) electrons. The van der Waals surface area contributed by atoms with Crippen LogP contribution in [-0.2, 0) is 6.42 Å². The largest absolute Gasteiger partial charge is 0.494 e. The summed E-state index contributed by atoms with van der Waals surface area (Å²) in [4.78, 5) is 8.48. The van der Waals surface area contributed by atoms with Gasteiger partial charge in [-0.15, -0.1) is 0 Å². The molecule has 0 atom stereocenters. The van der Waals surface area contributed by atoms with Crippen molar-refractivity contribution in [3.8, 4) is 17.1 Å². The van der Waals surface area contributed by atoms with E-state index >= 15 is 0 Å². The smallest absolute Gasteiger partial charge is 0.219 e. The van der Waals surface area contributed by atoms with E-state index in [4.69, 9.17) is 4.74 Å². The second-order valence-electron chi connectivity index (χ2n) is 8.17. The molecule has 0 N–H and O–H groups in total. The first-order chi connectivity index (χ1) is 14.7. The first kappa shape index (κ1) is 24.3. The lowest BCUT2D eigenvalue weighted by atomic mass is 10.1. The van der Waals surface area contributed by atoms with Crippen LogP contribution < -0.4 is 4.74 Å². The lowest BCUT2D eigenvalue weighted by molar-refractivity contribution is 0.304. The summed E-state index contributed by atoms with van der Waals surface area (Å²) in [6.07, 6.45) is 17.0. The minimum absolute atomic E-state index is 0.392. The Balaban J connectivity index is 1.75. The van der Waals surface area contributed by atoms with Crippen LogP contribution in [0, 0.1) is 5.95 Å². The van der Waals surface area contributed by atoms with E-state index in [0.29, 0.717) is 17.8 Å². The molecule has 4 heteroatoms. The predicted octanol–water partition coefficient (Wildman–Crippen LogP) is 7.93. The first-order valence-electron chi connectivity index (χ1n) is 12.0. The van der Waals surface area contributed by atoms with Gasteiger partial charge in [0.1, 0.15) is 5.75 Å². The number of unbranched alkanes of at least 4 members (excludes halogenated alkanes) is 10. The summed E-state index contributed by atoms with van der Waals surface area (Å²) in [5, 5.41) is 0. The van der Waals surface area contributed by atoms with E-state index in [9.17, 15) is 4.39 Å². The molecule has 0 spiro atoms. The second-order valence-corrected chi connectivity index (χ2v) is 8.17. The molecule has 0 saturated heterocycles. The molecule has 0 bridgehead atoms. The third-order valence-electron chi connectivity index (χ3n) is 5.49. The van der Waals surface area contributed by atoms with Gasteiger partial charge in [0, 0.05) is 17.3 Å². The Morgan fingerprint density at radius 2 is 1.37 bits per heavy atom. The summed E-state index contributed by atoms with van der Waals surface area (Å²) >= 11 is 0. The number of ether oxygens (including phenoxy) is 1. The molecule has 0 saturated carbocycles. The van der Waals surface area contributed by atoms with Crippen LogP contribution in [0.3, 0.4) is 0 Å². The van der Waals surface area contributed by atoms with E-state index in [1.165, 1.54) is 57.8 Å². The molecule has 2 aromatic rings. The van der Waals surface area contributed by atoms with Gasteiger partial charge >= 0.3 is 0 Å². The van der Waals surface area contributed by atoms with Crippen molar-refractivity contribution in [1.29, 1.82) is 0 Å². The van der Waals surface area contributed by atoms with Crippen LogP contribution in [0.4, 0.5) is 4.39 Å². The van der Waals surface area contributed by atoms with E-state index < -0.39 is 5.95 Å². The minimum Gasteiger partial charge on any atom is -0.494 e. The Hall–Kier alpha value is -1.97. The van der Waals surface area contributed by atoms with E-state index in [1.54, 1.807) is 6.20 Å². The first-order valence-corrected chi connectivity index (χ1v) is 12.0. The van der Waals surface area contributed by atoms with Crippen LogP contribution >= 0.6 is 0 Å². The average molecular weight is 415 g/mol. The molecule has 0 amide bonds. The summed E-state index contributed by atoms with van der Waals surface area (Å²) < 4.78 is 20.2. The number of hydrogen-bond donors (Lipinski definition) is 0. The van der Waals surface area contributed by atoms with Crippen LogP contribution in [0.15, 0.2) is 30.5 Å². The highest BCUT2D eigenvalue weighted by Gasteiger charge is 2.09. The molecule has 3 nitrogen and oxygen atoms in total. The van der Waals surface area contributed by atoms with Gasteiger partial charge < -0.3 is 4.74 Å². The SMILES string of the molecule is CCCCCCCCOc1ccc(-c2ncc(CCCCCCCC)c(F)n2)cc1. The van der Waals surface area contributed by atoms with Crippen molar-refractivity contribution in [2.24, 2.45) is 0 Å². The van der Waals surface area contributed by atoms with E-state index in [-0.39, 0.29) is 0 Å². The highest BCUT2D eigenvalue weighted by atomic mass is 19.1. The van der Waals surface area contributed by atoms with Crippen LogP contribution in [0.25, 0.3) is 11.4 Å². The van der Waals surface area contributed by atoms with Crippen LogP contribution in [0.2, 0.25) is 0 Å². The average Bonchev–Trinajstić information content (AvgIpc) is 2.77. The summed E-state index contributed by atoms with van der Waals surface area (Å²) in [5.74, 6) is 0.881. The van der Waals surface area contributed by atoms with Crippen molar-refractivity contribution >= 4 is 0 Å². The third-order valence-corrected chi connectivity index (χ3v) is 5.49.